The third-order valence-corrected chi connectivity index (χ3v) is 2.30. The van der Waals surface area contributed by atoms with Gasteiger partial charge in [0.05, 0.1) is 12.0 Å². The molecule has 2 rings (SSSR count). The molecule has 0 unspecified atom stereocenters. The third kappa shape index (κ3) is 1.10. The lowest BCUT2D eigenvalue weighted by Crippen LogP contribution is -1.83. The van der Waals surface area contributed by atoms with Gasteiger partial charge >= 0.3 is 0 Å². The molecule has 0 N–H and O–H groups in total. The van der Waals surface area contributed by atoms with Crippen molar-refractivity contribution in [3.05, 3.63) is 23.9 Å². The van der Waals surface area contributed by atoms with E-state index in [-0.39, 0.29) is 0 Å². The fourth-order valence-corrected chi connectivity index (χ4v) is 1.60. The van der Waals surface area contributed by atoms with Gasteiger partial charge in [-0.05, 0) is 11.4 Å². The second kappa shape index (κ2) is 2.98. The Balaban J connectivity index is 2.46. The van der Waals surface area contributed by atoms with Crippen LogP contribution in [0.1, 0.15) is 0 Å². The molecular formula is C8H6NO2S. The molecule has 2 aromatic heterocycles. The van der Waals surface area contributed by atoms with Crippen LogP contribution in [-0.2, 0) is 0 Å². The maximum absolute atomic E-state index is 5.05. The van der Waals surface area contributed by atoms with E-state index in [2.05, 4.69) is 11.4 Å². The van der Waals surface area contributed by atoms with Crippen LogP contribution in [0.5, 0.6) is 5.88 Å². The zero-order valence-corrected chi connectivity index (χ0v) is 7.22. The zero-order chi connectivity index (χ0) is 8.39. The van der Waals surface area contributed by atoms with E-state index in [0.29, 0.717) is 11.6 Å². The second-order valence-electron chi connectivity index (χ2n) is 2.12. The van der Waals surface area contributed by atoms with Crippen LogP contribution in [0.2, 0.25) is 0 Å². The lowest BCUT2D eigenvalue weighted by Gasteiger charge is -1.94. The first-order valence-corrected chi connectivity index (χ1v) is 4.24. The summed E-state index contributed by atoms with van der Waals surface area (Å²) in [6.45, 7) is 0. The lowest BCUT2D eigenvalue weighted by atomic mass is 10.4. The summed E-state index contributed by atoms with van der Waals surface area (Å²) in [5.74, 6) is 1.13. The molecule has 61 valence electrons. The number of oxazole rings is 1. The Kier molecular flexibility index (Phi) is 1.83. The van der Waals surface area contributed by atoms with E-state index >= 15 is 0 Å². The summed E-state index contributed by atoms with van der Waals surface area (Å²) in [5, 5.41) is 1.97. The highest BCUT2D eigenvalue weighted by Crippen LogP contribution is 2.31. The van der Waals surface area contributed by atoms with Crippen LogP contribution in [0.25, 0.3) is 10.6 Å². The smallest absolute Gasteiger partial charge is 0.287 e. The summed E-state index contributed by atoms with van der Waals surface area (Å²) in [6, 6.07) is 3.89. The van der Waals surface area contributed by atoms with Crippen LogP contribution in [0, 0.1) is 6.39 Å². The predicted octanol–water partition coefficient (Wildman–Crippen LogP) is 2.21. The van der Waals surface area contributed by atoms with Gasteiger partial charge in [-0.1, -0.05) is 6.07 Å². The van der Waals surface area contributed by atoms with Gasteiger partial charge in [0, 0.05) is 0 Å². The third-order valence-electron chi connectivity index (χ3n) is 1.43. The highest BCUT2D eigenvalue weighted by molar-refractivity contribution is 7.13. The van der Waals surface area contributed by atoms with Gasteiger partial charge in [-0.3, -0.25) is 0 Å². The number of rotatable bonds is 2. The molecule has 0 aliphatic heterocycles. The van der Waals surface area contributed by atoms with Gasteiger partial charge in [-0.2, -0.15) is 4.98 Å². The predicted molar refractivity (Wildman–Crippen MR) is 45.2 cm³/mol. The average Bonchev–Trinajstić information content (AvgIpc) is 2.74. The van der Waals surface area contributed by atoms with Crippen LogP contribution in [0.4, 0.5) is 0 Å². The average molecular weight is 180 g/mol. The van der Waals surface area contributed by atoms with Crippen LogP contribution in [0.15, 0.2) is 21.9 Å². The molecule has 0 bridgehead atoms. The lowest BCUT2D eigenvalue weighted by molar-refractivity contribution is 0.399. The SMILES string of the molecule is COc1n[c]oc1-c1cccs1. The number of thiophene rings is 1. The number of aromatic nitrogens is 1. The van der Waals surface area contributed by atoms with Crippen LogP contribution in [0.3, 0.4) is 0 Å². The van der Waals surface area contributed by atoms with E-state index in [4.69, 9.17) is 9.15 Å². The van der Waals surface area contributed by atoms with Crippen molar-refractivity contribution in [2.24, 2.45) is 0 Å². The Morgan fingerprint density at radius 2 is 2.58 bits per heavy atom. The van der Waals surface area contributed by atoms with Gasteiger partial charge in [-0.25, -0.2) is 0 Å². The van der Waals surface area contributed by atoms with Crippen molar-refractivity contribution in [2.45, 2.75) is 0 Å². The largest absolute Gasteiger partial charge is 0.478 e. The van der Waals surface area contributed by atoms with Crippen molar-refractivity contribution < 1.29 is 9.15 Å². The molecule has 0 aliphatic rings. The standard InChI is InChI=1S/C8H6NO2S/c1-10-8-7(11-5-9-8)6-3-2-4-12-6/h2-4H,1H3. The van der Waals surface area contributed by atoms with Crippen molar-refractivity contribution in [1.82, 2.24) is 4.98 Å². The van der Waals surface area contributed by atoms with E-state index in [1.165, 1.54) is 0 Å². The fraction of sp³-hybridized carbons (Fsp3) is 0.125. The van der Waals surface area contributed by atoms with Gasteiger partial charge in [0.1, 0.15) is 0 Å². The molecule has 12 heavy (non-hydrogen) atoms. The number of hydrogen-bond donors (Lipinski definition) is 0. The van der Waals surface area contributed by atoms with Crippen LogP contribution in [-0.4, -0.2) is 12.1 Å². The molecule has 0 aromatic carbocycles. The molecule has 2 aromatic rings. The summed E-state index contributed by atoms with van der Waals surface area (Å²) in [5.41, 5.74) is 0. The molecular weight excluding hydrogens is 174 g/mol. The van der Waals surface area contributed by atoms with E-state index < -0.39 is 0 Å². The molecule has 0 saturated heterocycles. The molecule has 3 nitrogen and oxygen atoms in total. The van der Waals surface area contributed by atoms with E-state index in [1.807, 2.05) is 17.5 Å². The number of ether oxygens (including phenoxy) is 1. The van der Waals surface area contributed by atoms with Gasteiger partial charge in [0.15, 0.2) is 0 Å². The van der Waals surface area contributed by atoms with Crippen molar-refractivity contribution in [1.29, 1.82) is 0 Å². The van der Waals surface area contributed by atoms with Crippen LogP contribution >= 0.6 is 11.3 Å². The number of hydrogen-bond acceptors (Lipinski definition) is 4. The Labute approximate surface area is 73.6 Å². The van der Waals surface area contributed by atoms with Gasteiger partial charge < -0.3 is 9.15 Å². The minimum Gasteiger partial charge on any atom is -0.478 e. The maximum Gasteiger partial charge on any atom is 0.287 e. The number of methoxy groups -OCH3 is 1. The molecule has 2 heterocycles. The molecule has 0 spiro atoms. The minimum atomic E-state index is 0.484. The molecule has 0 atom stereocenters. The quantitative estimate of drug-likeness (QED) is 0.710. The summed E-state index contributed by atoms with van der Waals surface area (Å²) in [7, 11) is 1.56. The minimum absolute atomic E-state index is 0.484. The molecule has 0 amide bonds. The Hall–Kier alpha value is -1.29. The second-order valence-corrected chi connectivity index (χ2v) is 3.07. The molecule has 0 fully saturated rings. The summed E-state index contributed by atoms with van der Waals surface area (Å²) in [4.78, 5) is 4.78. The van der Waals surface area contributed by atoms with E-state index in [9.17, 15) is 0 Å². The van der Waals surface area contributed by atoms with E-state index in [0.717, 1.165) is 4.88 Å². The van der Waals surface area contributed by atoms with Crippen molar-refractivity contribution in [3.63, 3.8) is 0 Å². The van der Waals surface area contributed by atoms with Crippen molar-refractivity contribution in [2.75, 3.05) is 7.11 Å². The summed E-state index contributed by atoms with van der Waals surface area (Å²) in [6.07, 6.45) is 2.39. The van der Waals surface area contributed by atoms with Crippen molar-refractivity contribution in [3.8, 4) is 16.5 Å². The highest BCUT2D eigenvalue weighted by atomic mass is 32.1. The van der Waals surface area contributed by atoms with Gasteiger partial charge in [-0.15, -0.1) is 11.3 Å². The van der Waals surface area contributed by atoms with Crippen LogP contribution < -0.4 is 4.74 Å². The monoisotopic (exact) mass is 180 g/mol. The maximum atomic E-state index is 5.05. The molecule has 0 aliphatic carbocycles. The van der Waals surface area contributed by atoms with Crippen molar-refractivity contribution >= 4 is 11.3 Å². The summed E-state index contributed by atoms with van der Waals surface area (Å²) < 4.78 is 10.0. The first kappa shape index (κ1) is 7.36. The molecule has 0 saturated carbocycles. The molecule has 4 heteroatoms. The Bertz CT molecular complexity index is 353. The highest BCUT2D eigenvalue weighted by Gasteiger charge is 2.11. The van der Waals surface area contributed by atoms with Gasteiger partial charge in [0.2, 0.25) is 5.76 Å². The summed E-state index contributed by atoms with van der Waals surface area (Å²) >= 11 is 1.58. The van der Waals surface area contributed by atoms with E-state index in [1.54, 1.807) is 18.4 Å². The fourth-order valence-electron chi connectivity index (χ4n) is 0.906. The molecule has 1 radical (unpaired) electrons. The van der Waals surface area contributed by atoms with Gasteiger partial charge in [0.25, 0.3) is 12.3 Å². The Morgan fingerprint density at radius 1 is 1.67 bits per heavy atom. The normalized spacial score (nSPS) is 10.1. The number of nitrogens with zero attached hydrogens (tertiary/aromatic N) is 1. The Morgan fingerprint density at radius 3 is 3.25 bits per heavy atom. The zero-order valence-electron chi connectivity index (χ0n) is 6.40. The first-order chi connectivity index (χ1) is 5.92. The first-order valence-electron chi connectivity index (χ1n) is 3.36. The topological polar surface area (TPSA) is 35.3 Å².